The normalized spacial score (nSPS) is 24.8. The Morgan fingerprint density at radius 2 is 1.88 bits per heavy atom. The van der Waals surface area contributed by atoms with Crippen molar-refractivity contribution in [2.75, 3.05) is 0 Å². The van der Waals surface area contributed by atoms with Crippen LogP contribution >= 0.6 is 11.6 Å². The van der Waals surface area contributed by atoms with Gasteiger partial charge in [0.1, 0.15) is 23.2 Å². The van der Waals surface area contributed by atoms with Gasteiger partial charge >= 0.3 is 5.97 Å². The number of aromatic hydroxyl groups is 2. The van der Waals surface area contributed by atoms with Crippen LogP contribution in [0.25, 0.3) is 0 Å². The second-order valence-electron chi connectivity index (χ2n) is 5.81. The lowest BCUT2D eigenvalue weighted by atomic mass is 9.99. The maximum Gasteiger partial charge on any atom is 0.342 e. The molecule has 0 bridgehead atoms. The molecule has 2 atom stereocenters. The maximum atomic E-state index is 12.4. The number of aliphatic hydroxyl groups is 1. The van der Waals surface area contributed by atoms with Crippen molar-refractivity contribution in [3.05, 3.63) is 46.5 Å². The van der Waals surface area contributed by atoms with E-state index in [1.165, 1.54) is 12.2 Å². The van der Waals surface area contributed by atoms with Gasteiger partial charge in [-0.2, -0.15) is 0 Å². The molecule has 0 saturated heterocycles. The highest BCUT2D eigenvalue weighted by molar-refractivity contribution is 6.33. The summed E-state index contributed by atoms with van der Waals surface area (Å²) in [5.74, 6) is -2.19. The maximum absolute atomic E-state index is 12.4. The van der Waals surface area contributed by atoms with Crippen LogP contribution < -0.4 is 0 Å². The van der Waals surface area contributed by atoms with E-state index in [0.717, 1.165) is 6.07 Å². The summed E-state index contributed by atoms with van der Waals surface area (Å²) in [4.78, 5) is 24.5. The summed E-state index contributed by atoms with van der Waals surface area (Å²) in [5.41, 5.74) is -0.239. The van der Waals surface area contributed by atoms with E-state index in [1.807, 2.05) is 0 Å². The number of hydrogen-bond donors (Lipinski definition) is 3. The molecule has 1 heterocycles. The molecule has 0 spiro atoms. The number of benzene rings is 1. The molecule has 0 fully saturated rings. The molecule has 1 aliphatic rings. The molecule has 1 aromatic rings. The molecule has 0 radical (unpaired) electrons. The molecule has 2 rings (SSSR count). The molecule has 7 heteroatoms. The summed E-state index contributed by atoms with van der Waals surface area (Å²) in [5, 5.41) is 29.4. The van der Waals surface area contributed by atoms with Crippen LogP contribution in [0.4, 0.5) is 0 Å². The van der Waals surface area contributed by atoms with Gasteiger partial charge in [0, 0.05) is 24.5 Å². The van der Waals surface area contributed by atoms with E-state index < -0.39 is 35.5 Å². The third-order valence-corrected chi connectivity index (χ3v) is 4.11. The van der Waals surface area contributed by atoms with E-state index in [4.69, 9.17) is 16.3 Å². The van der Waals surface area contributed by atoms with Crippen LogP contribution in [-0.2, 0) is 16.0 Å². The average molecular weight is 367 g/mol. The SMILES string of the molecule is C[C@@H]1C/C=C/C(O)C/C=C/C(=O)Cc2c(Cl)c(O)cc(O)c2C(=O)O1. The van der Waals surface area contributed by atoms with Gasteiger partial charge in [-0.1, -0.05) is 29.8 Å². The molecule has 6 nitrogen and oxygen atoms in total. The van der Waals surface area contributed by atoms with E-state index in [-0.39, 0.29) is 29.0 Å². The van der Waals surface area contributed by atoms with Gasteiger partial charge in [-0.25, -0.2) is 4.79 Å². The second kappa shape index (κ2) is 8.18. The number of rotatable bonds is 0. The molecule has 25 heavy (non-hydrogen) atoms. The molecular weight excluding hydrogens is 348 g/mol. The third kappa shape index (κ3) is 4.84. The Kier molecular flexibility index (Phi) is 6.22. The number of cyclic esters (lactones) is 1. The largest absolute Gasteiger partial charge is 0.507 e. The predicted octanol–water partition coefficient (Wildman–Crippen LogP) is 2.68. The minimum Gasteiger partial charge on any atom is -0.507 e. The zero-order valence-corrected chi connectivity index (χ0v) is 14.4. The Bertz CT molecular complexity index is 738. The standard InChI is InChI=1S/C18H19ClO6/c1-10-4-2-5-11(20)6-3-7-12(21)8-13-16(18(24)25-10)14(22)9-15(23)17(13)19/h2-3,5,7,9-11,20,22-23H,4,6,8H2,1H3/b5-2+,7-3+/t10-,11?/m1/s1. The summed E-state index contributed by atoms with van der Waals surface area (Å²) in [7, 11) is 0. The van der Waals surface area contributed by atoms with E-state index in [9.17, 15) is 24.9 Å². The molecule has 1 unspecified atom stereocenters. The number of aliphatic hydroxyl groups excluding tert-OH is 1. The zero-order valence-electron chi connectivity index (χ0n) is 13.6. The minimum atomic E-state index is -0.843. The molecule has 1 aliphatic heterocycles. The van der Waals surface area contributed by atoms with Gasteiger partial charge in [-0.15, -0.1) is 0 Å². The number of esters is 1. The van der Waals surface area contributed by atoms with Gasteiger partial charge in [0.2, 0.25) is 0 Å². The number of allylic oxidation sites excluding steroid dienone is 1. The Morgan fingerprint density at radius 1 is 1.16 bits per heavy atom. The van der Waals surface area contributed by atoms with Crippen molar-refractivity contribution in [1.29, 1.82) is 0 Å². The Morgan fingerprint density at radius 3 is 2.60 bits per heavy atom. The monoisotopic (exact) mass is 366 g/mol. The van der Waals surface area contributed by atoms with Crippen LogP contribution in [0.15, 0.2) is 30.4 Å². The Balaban J connectivity index is 2.49. The first-order chi connectivity index (χ1) is 11.8. The number of phenolic OH excluding ortho intramolecular Hbond substituents is 2. The number of halogens is 1. The van der Waals surface area contributed by atoms with Crippen molar-refractivity contribution in [2.24, 2.45) is 0 Å². The van der Waals surface area contributed by atoms with Crippen LogP contribution in [0.2, 0.25) is 5.02 Å². The lowest BCUT2D eigenvalue weighted by Gasteiger charge is -2.16. The molecule has 0 aliphatic carbocycles. The predicted molar refractivity (Wildman–Crippen MR) is 91.9 cm³/mol. The van der Waals surface area contributed by atoms with Crippen molar-refractivity contribution >= 4 is 23.4 Å². The minimum absolute atomic E-state index is 0.000772. The van der Waals surface area contributed by atoms with E-state index in [1.54, 1.807) is 19.1 Å². The summed E-state index contributed by atoms with van der Waals surface area (Å²) < 4.78 is 5.27. The van der Waals surface area contributed by atoms with Gasteiger partial charge in [0.25, 0.3) is 0 Å². The highest BCUT2D eigenvalue weighted by Crippen LogP contribution is 2.37. The summed E-state index contributed by atoms with van der Waals surface area (Å²) in [6.07, 6.45) is 5.06. The van der Waals surface area contributed by atoms with Gasteiger partial charge < -0.3 is 20.1 Å². The van der Waals surface area contributed by atoms with Gasteiger partial charge in [0.15, 0.2) is 5.78 Å². The topological polar surface area (TPSA) is 104 Å². The first-order valence-electron chi connectivity index (χ1n) is 7.78. The highest BCUT2D eigenvalue weighted by Gasteiger charge is 2.25. The highest BCUT2D eigenvalue weighted by atomic mass is 35.5. The average Bonchev–Trinajstić information content (AvgIpc) is 2.51. The first-order valence-corrected chi connectivity index (χ1v) is 8.15. The zero-order chi connectivity index (χ0) is 18.6. The smallest absolute Gasteiger partial charge is 0.342 e. The van der Waals surface area contributed by atoms with E-state index in [2.05, 4.69) is 0 Å². The molecular formula is C18H19ClO6. The summed E-state index contributed by atoms with van der Waals surface area (Å²) in [6.45, 7) is 1.66. The molecule has 1 aromatic carbocycles. The fraction of sp³-hybridized carbons (Fsp3) is 0.333. The second-order valence-corrected chi connectivity index (χ2v) is 6.19. The van der Waals surface area contributed by atoms with E-state index >= 15 is 0 Å². The fourth-order valence-corrected chi connectivity index (χ4v) is 2.66. The molecule has 134 valence electrons. The van der Waals surface area contributed by atoms with Gasteiger partial charge in [-0.05, 0) is 19.4 Å². The third-order valence-electron chi connectivity index (χ3n) is 3.69. The van der Waals surface area contributed by atoms with Crippen molar-refractivity contribution in [3.8, 4) is 11.5 Å². The first kappa shape index (κ1) is 19.0. The number of ether oxygens (including phenoxy) is 1. The van der Waals surface area contributed by atoms with Crippen molar-refractivity contribution in [1.82, 2.24) is 0 Å². The number of carbonyl (C=O) groups excluding carboxylic acids is 2. The molecule has 0 aromatic heterocycles. The van der Waals surface area contributed by atoms with Gasteiger partial charge in [-0.3, -0.25) is 4.79 Å². The van der Waals surface area contributed by atoms with Crippen LogP contribution in [-0.4, -0.2) is 39.3 Å². The fourth-order valence-electron chi connectivity index (χ4n) is 2.45. The summed E-state index contributed by atoms with van der Waals surface area (Å²) >= 11 is 6.03. The quantitative estimate of drug-likeness (QED) is 0.481. The van der Waals surface area contributed by atoms with Crippen LogP contribution in [0.1, 0.15) is 35.7 Å². The number of phenols is 2. The van der Waals surface area contributed by atoms with E-state index in [0.29, 0.717) is 6.42 Å². The molecule has 0 saturated carbocycles. The Hall–Kier alpha value is -2.31. The Labute approximate surface area is 150 Å². The van der Waals surface area contributed by atoms with Crippen molar-refractivity contribution in [3.63, 3.8) is 0 Å². The molecule has 0 amide bonds. The number of carbonyl (C=O) groups is 2. The van der Waals surface area contributed by atoms with Crippen molar-refractivity contribution in [2.45, 2.75) is 38.4 Å². The lowest BCUT2D eigenvalue weighted by Crippen LogP contribution is -2.18. The van der Waals surface area contributed by atoms with Crippen molar-refractivity contribution < 1.29 is 29.6 Å². The number of hydrogen-bond acceptors (Lipinski definition) is 6. The summed E-state index contributed by atoms with van der Waals surface area (Å²) in [6, 6.07) is 0.937. The van der Waals surface area contributed by atoms with Crippen LogP contribution in [0.5, 0.6) is 11.5 Å². The lowest BCUT2D eigenvalue weighted by molar-refractivity contribution is -0.114. The van der Waals surface area contributed by atoms with Gasteiger partial charge in [0.05, 0.1) is 11.1 Å². The number of ketones is 1. The number of fused-ring (bicyclic) bond motifs is 1. The van der Waals surface area contributed by atoms with Crippen LogP contribution in [0, 0.1) is 0 Å². The molecule has 3 N–H and O–H groups in total. The van der Waals surface area contributed by atoms with Crippen LogP contribution in [0.3, 0.4) is 0 Å².